The highest BCUT2D eigenvalue weighted by Gasteiger charge is 2.33. The molecule has 28 heavy (non-hydrogen) atoms. The van der Waals surface area contributed by atoms with E-state index in [0.717, 1.165) is 21.8 Å². The van der Waals surface area contributed by atoms with Gasteiger partial charge in [-0.25, -0.2) is 9.69 Å². The first-order valence-electron chi connectivity index (χ1n) is 9.01. The number of carbonyl (C=O) groups is 3. The molecule has 1 N–H and O–H groups in total. The maximum atomic E-state index is 12.5. The Kier molecular flexibility index (Phi) is 6.26. The number of carbonyl (C=O) groups excluding carboxylic acids is 3. The summed E-state index contributed by atoms with van der Waals surface area (Å²) in [7, 11) is 1.60. The molecular formula is C21H22N2O5. The SMILES string of the molecule is COc1ccc(CCC(=O)NC(CN2C(=O)COC2=O)c2ccccc2)cc1. The van der Waals surface area contributed by atoms with Crippen molar-refractivity contribution in [1.82, 2.24) is 10.2 Å². The van der Waals surface area contributed by atoms with Gasteiger partial charge in [0.25, 0.3) is 5.91 Å². The number of aryl methyl sites for hydroxylation is 1. The van der Waals surface area contributed by atoms with Crippen molar-refractivity contribution >= 4 is 17.9 Å². The van der Waals surface area contributed by atoms with Crippen LogP contribution in [0.2, 0.25) is 0 Å². The van der Waals surface area contributed by atoms with Crippen LogP contribution in [0.15, 0.2) is 54.6 Å². The number of hydrogen-bond acceptors (Lipinski definition) is 5. The Morgan fingerprint density at radius 1 is 1.14 bits per heavy atom. The molecule has 3 rings (SSSR count). The molecular weight excluding hydrogens is 360 g/mol. The Labute approximate surface area is 163 Å². The summed E-state index contributed by atoms with van der Waals surface area (Å²) in [5, 5.41) is 2.93. The van der Waals surface area contributed by atoms with E-state index in [1.54, 1.807) is 7.11 Å². The van der Waals surface area contributed by atoms with Gasteiger partial charge in [0.05, 0.1) is 19.7 Å². The van der Waals surface area contributed by atoms with E-state index >= 15 is 0 Å². The van der Waals surface area contributed by atoms with Crippen LogP contribution in [0.4, 0.5) is 4.79 Å². The minimum absolute atomic E-state index is 0.0377. The first-order valence-corrected chi connectivity index (χ1v) is 9.01. The lowest BCUT2D eigenvalue weighted by Crippen LogP contribution is -2.40. The number of imide groups is 1. The summed E-state index contributed by atoms with van der Waals surface area (Å²) in [6.07, 6.45) is 0.175. The van der Waals surface area contributed by atoms with Gasteiger partial charge in [0.2, 0.25) is 5.91 Å². The summed E-state index contributed by atoms with van der Waals surface area (Å²) in [5.41, 5.74) is 1.83. The zero-order valence-corrected chi connectivity index (χ0v) is 15.6. The highest BCUT2D eigenvalue weighted by atomic mass is 16.6. The molecule has 1 unspecified atom stereocenters. The Morgan fingerprint density at radius 3 is 2.46 bits per heavy atom. The molecule has 0 aliphatic carbocycles. The predicted octanol–water partition coefficient (Wildman–Crippen LogP) is 2.46. The van der Waals surface area contributed by atoms with Crippen LogP contribution >= 0.6 is 0 Å². The molecule has 1 saturated heterocycles. The van der Waals surface area contributed by atoms with E-state index in [0.29, 0.717) is 6.42 Å². The number of ether oxygens (including phenoxy) is 2. The molecule has 1 atom stereocenters. The summed E-state index contributed by atoms with van der Waals surface area (Å²) >= 11 is 0. The fourth-order valence-corrected chi connectivity index (χ4v) is 2.98. The van der Waals surface area contributed by atoms with Crippen molar-refractivity contribution in [2.75, 3.05) is 20.3 Å². The quantitative estimate of drug-likeness (QED) is 0.758. The maximum Gasteiger partial charge on any atom is 0.417 e. The van der Waals surface area contributed by atoms with Crippen molar-refractivity contribution in [2.24, 2.45) is 0 Å². The van der Waals surface area contributed by atoms with Gasteiger partial charge in [-0.15, -0.1) is 0 Å². The zero-order chi connectivity index (χ0) is 19.9. The molecule has 1 fully saturated rings. The highest BCUT2D eigenvalue weighted by molar-refractivity contribution is 5.97. The number of nitrogens with one attached hydrogen (secondary N) is 1. The Balaban J connectivity index is 1.63. The fraction of sp³-hybridized carbons (Fsp3) is 0.286. The summed E-state index contributed by atoms with van der Waals surface area (Å²) < 4.78 is 9.89. The standard InChI is InChI=1S/C21H22N2O5/c1-27-17-10-7-15(8-11-17)9-12-19(24)22-18(16-5-3-2-4-6-16)13-23-20(25)14-28-21(23)26/h2-8,10-11,18H,9,12-14H2,1H3,(H,22,24). The number of cyclic esters (lactones) is 1. The number of methoxy groups -OCH3 is 1. The van der Waals surface area contributed by atoms with Crippen LogP contribution < -0.4 is 10.1 Å². The lowest BCUT2D eigenvalue weighted by Gasteiger charge is -2.23. The molecule has 1 aliphatic rings. The monoisotopic (exact) mass is 382 g/mol. The molecule has 2 aromatic carbocycles. The van der Waals surface area contributed by atoms with Crippen LogP contribution in [0.1, 0.15) is 23.6 Å². The maximum absolute atomic E-state index is 12.5. The van der Waals surface area contributed by atoms with E-state index in [2.05, 4.69) is 5.32 Å². The average Bonchev–Trinajstić information content (AvgIpc) is 3.04. The molecule has 3 amide bonds. The molecule has 0 radical (unpaired) electrons. The summed E-state index contributed by atoms with van der Waals surface area (Å²) in [5.74, 6) is 0.197. The normalized spacial score (nSPS) is 14.5. The van der Waals surface area contributed by atoms with Gasteiger partial charge in [-0.05, 0) is 29.7 Å². The van der Waals surface area contributed by atoms with E-state index in [1.165, 1.54) is 0 Å². The summed E-state index contributed by atoms with van der Waals surface area (Å²) in [6, 6.07) is 16.3. The van der Waals surface area contributed by atoms with E-state index < -0.39 is 18.0 Å². The second-order valence-corrected chi connectivity index (χ2v) is 6.44. The second-order valence-electron chi connectivity index (χ2n) is 6.44. The van der Waals surface area contributed by atoms with Crippen LogP contribution in [-0.4, -0.2) is 43.1 Å². The van der Waals surface area contributed by atoms with Crippen LogP contribution in [-0.2, 0) is 20.7 Å². The van der Waals surface area contributed by atoms with Gasteiger partial charge in [-0.2, -0.15) is 0 Å². The van der Waals surface area contributed by atoms with Crippen molar-refractivity contribution in [3.05, 3.63) is 65.7 Å². The number of benzene rings is 2. The van der Waals surface area contributed by atoms with Gasteiger partial charge in [0.1, 0.15) is 5.75 Å². The molecule has 0 spiro atoms. The number of hydrogen-bond donors (Lipinski definition) is 1. The third kappa shape index (κ3) is 4.88. The molecule has 2 aromatic rings. The minimum atomic E-state index is -0.682. The highest BCUT2D eigenvalue weighted by Crippen LogP contribution is 2.18. The lowest BCUT2D eigenvalue weighted by atomic mass is 10.1. The van der Waals surface area contributed by atoms with E-state index in [9.17, 15) is 14.4 Å². The Bertz CT molecular complexity index is 820. The van der Waals surface area contributed by atoms with Gasteiger partial charge >= 0.3 is 6.09 Å². The first kappa shape index (κ1) is 19.4. The third-order valence-corrected chi connectivity index (χ3v) is 4.54. The molecule has 7 nitrogen and oxygen atoms in total. The van der Waals surface area contributed by atoms with Gasteiger partial charge in [-0.1, -0.05) is 42.5 Å². The van der Waals surface area contributed by atoms with Crippen LogP contribution in [0.25, 0.3) is 0 Å². The summed E-state index contributed by atoms with van der Waals surface area (Å²) in [6.45, 7) is -0.221. The molecule has 0 saturated carbocycles. The van der Waals surface area contributed by atoms with Crippen molar-refractivity contribution < 1.29 is 23.9 Å². The van der Waals surface area contributed by atoms with Crippen molar-refractivity contribution in [3.63, 3.8) is 0 Å². The molecule has 0 aromatic heterocycles. The van der Waals surface area contributed by atoms with E-state index in [4.69, 9.17) is 9.47 Å². The molecule has 1 heterocycles. The predicted molar refractivity (Wildman–Crippen MR) is 102 cm³/mol. The van der Waals surface area contributed by atoms with Crippen LogP contribution in [0.5, 0.6) is 5.75 Å². The number of nitrogens with zero attached hydrogens (tertiary/aromatic N) is 1. The van der Waals surface area contributed by atoms with E-state index in [1.807, 2.05) is 54.6 Å². The topological polar surface area (TPSA) is 84.9 Å². The minimum Gasteiger partial charge on any atom is -0.497 e. The number of rotatable bonds is 8. The molecule has 7 heteroatoms. The van der Waals surface area contributed by atoms with Crippen molar-refractivity contribution in [1.29, 1.82) is 0 Å². The van der Waals surface area contributed by atoms with Gasteiger partial charge in [0, 0.05) is 6.42 Å². The lowest BCUT2D eigenvalue weighted by molar-refractivity contribution is -0.127. The van der Waals surface area contributed by atoms with Crippen LogP contribution in [0.3, 0.4) is 0 Å². The first-order chi connectivity index (χ1) is 13.6. The smallest absolute Gasteiger partial charge is 0.417 e. The number of amides is 3. The average molecular weight is 382 g/mol. The zero-order valence-electron chi connectivity index (χ0n) is 15.6. The van der Waals surface area contributed by atoms with Gasteiger partial charge in [0.15, 0.2) is 6.61 Å². The molecule has 146 valence electrons. The fourth-order valence-electron chi connectivity index (χ4n) is 2.98. The van der Waals surface area contributed by atoms with E-state index in [-0.39, 0.29) is 25.5 Å². The largest absolute Gasteiger partial charge is 0.497 e. The van der Waals surface area contributed by atoms with Gasteiger partial charge in [-0.3, -0.25) is 9.59 Å². The van der Waals surface area contributed by atoms with Crippen molar-refractivity contribution in [2.45, 2.75) is 18.9 Å². The molecule has 1 aliphatic heterocycles. The second kappa shape index (κ2) is 9.03. The van der Waals surface area contributed by atoms with Crippen molar-refractivity contribution in [3.8, 4) is 5.75 Å². The molecule has 0 bridgehead atoms. The Morgan fingerprint density at radius 2 is 1.86 bits per heavy atom. The third-order valence-electron chi connectivity index (χ3n) is 4.54. The summed E-state index contributed by atoms with van der Waals surface area (Å²) in [4.78, 5) is 37.2. The van der Waals surface area contributed by atoms with Gasteiger partial charge < -0.3 is 14.8 Å². The van der Waals surface area contributed by atoms with Crippen LogP contribution in [0, 0.1) is 0 Å². The Hall–Kier alpha value is -3.35.